The zero-order valence-electron chi connectivity index (χ0n) is 14.4. The Morgan fingerprint density at radius 3 is 2.88 bits per heavy atom. The van der Waals surface area contributed by atoms with Gasteiger partial charge in [-0.2, -0.15) is 0 Å². The number of fused-ring (bicyclic) bond motifs is 2. The van der Waals surface area contributed by atoms with Crippen molar-refractivity contribution in [1.29, 1.82) is 0 Å². The number of ketones is 1. The van der Waals surface area contributed by atoms with Gasteiger partial charge in [-0.15, -0.1) is 0 Å². The van der Waals surface area contributed by atoms with Gasteiger partial charge in [-0.25, -0.2) is 0 Å². The van der Waals surface area contributed by atoms with Crippen molar-refractivity contribution >= 4 is 17.4 Å². The summed E-state index contributed by atoms with van der Waals surface area (Å²) in [6.07, 6.45) is 3.03. The van der Waals surface area contributed by atoms with Gasteiger partial charge in [-0.1, -0.05) is 31.5 Å². The molecule has 1 aromatic carbocycles. The molecular weight excluding hydrogens is 300 g/mol. The molecule has 126 valence electrons. The maximum atomic E-state index is 13.5. The van der Waals surface area contributed by atoms with Crippen LogP contribution in [-0.4, -0.2) is 41.8 Å². The number of nitrogens with zero attached hydrogens (tertiary/aromatic N) is 2. The van der Waals surface area contributed by atoms with Crippen molar-refractivity contribution in [2.75, 3.05) is 18.0 Å². The number of benzene rings is 1. The summed E-state index contributed by atoms with van der Waals surface area (Å²) in [6.45, 7) is 5.91. The number of hydrogen-bond donors (Lipinski definition) is 0. The van der Waals surface area contributed by atoms with Crippen molar-refractivity contribution in [2.45, 2.75) is 50.6 Å². The molecule has 0 aromatic heterocycles. The number of piperidine rings is 1. The van der Waals surface area contributed by atoms with Gasteiger partial charge in [0, 0.05) is 36.5 Å². The highest BCUT2D eigenvalue weighted by Gasteiger charge is 2.68. The monoisotopic (exact) mass is 324 g/mol. The summed E-state index contributed by atoms with van der Waals surface area (Å²) in [4.78, 5) is 30.5. The summed E-state index contributed by atoms with van der Waals surface area (Å²) >= 11 is 0. The third-order valence-corrected chi connectivity index (χ3v) is 7.27. The van der Waals surface area contributed by atoms with Crippen LogP contribution in [0, 0.1) is 11.8 Å². The highest BCUT2D eigenvalue weighted by atomic mass is 16.2. The Morgan fingerprint density at radius 2 is 2.12 bits per heavy atom. The summed E-state index contributed by atoms with van der Waals surface area (Å²) in [5.41, 5.74) is 2.04. The molecule has 0 N–H and O–H groups in total. The van der Waals surface area contributed by atoms with E-state index in [-0.39, 0.29) is 23.3 Å². The average molecular weight is 324 g/mol. The number of Topliss-reactive ketones (excluding diaryl/α,β-unsaturated/α-hetero) is 1. The molecule has 4 heteroatoms. The number of anilines is 1. The molecular formula is C20H24N2O2. The van der Waals surface area contributed by atoms with Gasteiger partial charge in [0.15, 0.2) is 5.78 Å². The molecule has 1 aromatic rings. The summed E-state index contributed by atoms with van der Waals surface area (Å²) in [7, 11) is 0. The fourth-order valence-electron chi connectivity index (χ4n) is 6.34. The predicted octanol–water partition coefficient (Wildman–Crippen LogP) is 2.36. The number of rotatable bonds is 1. The van der Waals surface area contributed by atoms with E-state index in [2.05, 4.69) is 24.0 Å². The van der Waals surface area contributed by atoms with E-state index in [4.69, 9.17) is 0 Å². The molecule has 24 heavy (non-hydrogen) atoms. The van der Waals surface area contributed by atoms with Crippen molar-refractivity contribution in [3.63, 3.8) is 0 Å². The van der Waals surface area contributed by atoms with Crippen LogP contribution < -0.4 is 4.90 Å². The van der Waals surface area contributed by atoms with Crippen molar-refractivity contribution in [1.82, 2.24) is 4.90 Å². The molecule has 5 atom stereocenters. The molecule has 5 rings (SSSR count). The zero-order valence-corrected chi connectivity index (χ0v) is 14.4. The molecule has 1 amide bonds. The van der Waals surface area contributed by atoms with Crippen LogP contribution in [0.4, 0.5) is 5.69 Å². The minimum absolute atomic E-state index is 0.00384. The highest BCUT2D eigenvalue weighted by molar-refractivity contribution is 6.06. The second kappa shape index (κ2) is 4.69. The second-order valence-corrected chi connectivity index (χ2v) is 8.02. The maximum Gasteiger partial charge on any atom is 0.224 e. The first-order valence-corrected chi connectivity index (χ1v) is 9.26. The van der Waals surface area contributed by atoms with E-state index in [1.165, 1.54) is 5.56 Å². The molecule has 0 unspecified atom stereocenters. The molecule has 1 spiro atoms. The van der Waals surface area contributed by atoms with Gasteiger partial charge in [0.1, 0.15) is 6.04 Å². The first-order chi connectivity index (χ1) is 11.6. The number of carbonyl (C=O) groups excluding carboxylic acids is 2. The first kappa shape index (κ1) is 14.6. The zero-order chi connectivity index (χ0) is 16.6. The molecule has 3 heterocycles. The Hall–Kier alpha value is -1.68. The lowest BCUT2D eigenvalue weighted by molar-refractivity contribution is -0.137. The molecule has 4 nitrogen and oxygen atoms in total. The summed E-state index contributed by atoms with van der Waals surface area (Å²) < 4.78 is 0. The Bertz CT molecular complexity index is 745. The van der Waals surface area contributed by atoms with Gasteiger partial charge in [0.05, 0.1) is 0 Å². The number of para-hydroxylation sites is 1. The van der Waals surface area contributed by atoms with E-state index in [0.717, 1.165) is 38.0 Å². The molecule has 1 aliphatic carbocycles. The topological polar surface area (TPSA) is 40.6 Å². The van der Waals surface area contributed by atoms with Crippen molar-refractivity contribution in [3.05, 3.63) is 29.8 Å². The lowest BCUT2D eigenvalue weighted by Gasteiger charge is -2.52. The fraction of sp³-hybridized carbons (Fsp3) is 0.600. The lowest BCUT2D eigenvalue weighted by atomic mass is 9.58. The van der Waals surface area contributed by atoms with Crippen molar-refractivity contribution in [3.8, 4) is 0 Å². The summed E-state index contributed by atoms with van der Waals surface area (Å²) in [5.74, 6) is 0.904. The highest BCUT2D eigenvalue weighted by Crippen LogP contribution is 2.60. The third-order valence-electron chi connectivity index (χ3n) is 7.27. The summed E-state index contributed by atoms with van der Waals surface area (Å²) in [5, 5.41) is 0. The van der Waals surface area contributed by atoms with Crippen LogP contribution in [0.5, 0.6) is 0 Å². The van der Waals surface area contributed by atoms with Crippen molar-refractivity contribution < 1.29 is 9.59 Å². The number of hydrogen-bond acceptors (Lipinski definition) is 3. The Labute approximate surface area is 142 Å². The third kappa shape index (κ3) is 1.49. The van der Waals surface area contributed by atoms with Gasteiger partial charge < -0.3 is 4.90 Å². The van der Waals surface area contributed by atoms with E-state index in [9.17, 15) is 9.59 Å². The van der Waals surface area contributed by atoms with E-state index < -0.39 is 0 Å². The number of carbonyl (C=O) groups is 2. The molecule has 2 saturated heterocycles. The molecule has 0 radical (unpaired) electrons. The van der Waals surface area contributed by atoms with E-state index in [1.54, 1.807) is 6.92 Å². The normalized spacial score (nSPS) is 39.8. The molecule has 1 saturated carbocycles. The van der Waals surface area contributed by atoms with Crippen molar-refractivity contribution in [2.24, 2.45) is 11.8 Å². The predicted molar refractivity (Wildman–Crippen MR) is 91.9 cm³/mol. The van der Waals surface area contributed by atoms with Gasteiger partial charge >= 0.3 is 0 Å². The van der Waals surface area contributed by atoms with Crippen LogP contribution in [0.25, 0.3) is 0 Å². The molecule has 2 bridgehead atoms. The second-order valence-electron chi connectivity index (χ2n) is 8.02. The van der Waals surface area contributed by atoms with E-state index >= 15 is 0 Å². The smallest absolute Gasteiger partial charge is 0.224 e. The van der Waals surface area contributed by atoms with Crippen LogP contribution in [0.2, 0.25) is 0 Å². The van der Waals surface area contributed by atoms with Crippen LogP contribution in [0.15, 0.2) is 24.3 Å². The standard InChI is InChI=1S/C20H24N2O2/c1-3-13-11-21-9-8-20-15-6-4-5-7-16(15)22(12(2)23)19(20)18(24)14(13)10-17(20)21/h4-7,13-14,17,19H,3,8-11H2,1-2H3/t13-,14+,17+,19-,20-/m1/s1. The SMILES string of the molecule is CC[C@@H]1CN2CC[C@]34c5ccccc5N(C(C)=O)[C@@H]3C(=O)[C@H]1C[C@H]24. The van der Waals surface area contributed by atoms with Crippen LogP contribution in [-0.2, 0) is 15.0 Å². The van der Waals surface area contributed by atoms with Gasteiger partial charge in [0.2, 0.25) is 5.91 Å². The molecule has 3 aliphatic heterocycles. The van der Waals surface area contributed by atoms with Crippen LogP contribution >= 0.6 is 0 Å². The minimum atomic E-state index is -0.282. The summed E-state index contributed by atoms with van der Waals surface area (Å²) in [6, 6.07) is 8.37. The van der Waals surface area contributed by atoms with E-state index in [0.29, 0.717) is 17.7 Å². The Balaban J connectivity index is 1.75. The number of amides is 1. The molecule has 4 aliphatic rings. The van der Waals surface area contributed by atoms with E-state index in [1.807, 2.05) is 17.0 Å². The first-order valence-electron chi connectivity index (χ1n) is 9.26. The minimum Gasteiger partial charge on any atom is -0.301 e. The Morgan fingerprint density at radius 1 is 1.33 bits per heavy atom. The average Bonchev–Trinajstić information content (AvgIpc) is 3.12. The Kier molecular flexibility index (Phi) is 2.86. The molecule has 3 fully saturated rings. The fourth-order valence-corrected chi connectivity index (χ4v) is 6.34. The lowest BCUT2D eigenvalue weighted by Crippen LogP contribution is -2.66. The van der Waals surface area contributed by atoms with Crippen LogP contribution in [0.3, 0.4) is 0 Å². The largest absolute Gasteiger partial charge is 0.301 e. The maximum absolute atomic E-state index is 13.5. The van der Waals surface area contributed by atoms with Gasteiger partial charge in [-0.3, -0.25) is 14.5 Å². The van der Waals surface area contributed by atoms with Crippen LogP contribution in [0.1, 0.15) is 38.7 Å². The van der Waals surface area contributed by atoms with Gasteiger partial charge in [-0.05, 0) is 36.9 Å². The van der Waals surface area contributed by atoms with Gasteiger partial charge in [0.25, 0.3) is 0 Å². The quantitative estimate of drug-likeness (QED) is 0.796.